The molecule has 0 aliphatic heterocycles. The zero-order chi connectivity index (χ0) is 87.6. The molecule has 12 heteroatoms. The predicted octanol–water partition coefficient (Wildman–Crippen LogP) is 29.8. The minimum atomic E-state index is 0.620. The van der Waals surface area contributed by atoms with Crippen molar-refractivity contribution in [2.24, 2.45) is 0 Å². The van der Waals surface area contributed by atoms with E-state index in [-0.39, 0.29) is 0 Å². The summed E-state index contributed by atoms with van der Waals surface area (Å²) in [5, 5.41) is 21.1. The van der Waals surface area contributed by atoms with Crippen molar-refractivity contribution in [1.29, 1.82) is 0 Å². The Hall–Kier alpha value is -18.0. The standard InChI is InChI=1S/C44H28N4.2C38H24N4/c1-4-15-29(16-5-1)39-25-14-26-40(45-39)32-27-37-35-23-11-10-21-33(35)34-22-12-13-24-36(34)41(37)38(28-32)44-47-42(30-17-6-2-7-18-30)46-43(48-44)31-19-8-3-9-20-31;1-3-12-25(13-4-1)36-40-37(26-14-5-2-6-15-26)42-38(41-36)34-23-28(27-16-11-21-39-24-27)22-33-31-19-8-7-17-29(31)30-18-9-10-20-32(30)35(33)34;1-3-11-26(12-4-1)36-40-37(27-13-5-2-6-14-27)42-38(41-36)34-24-28(25-19-21-39-22-20-25)23-33-31-17-8-7-15-29(31)30-16-9-10-18-32(30)35(33)34/h1-28H;2*1-24H. The maximum atomic E-state index is 5.19. The van der Waals surface area contributed by atoms with Crippen molar-refractivity contribution in [3.8, 4) is 147 Å². The van der Waals surface area contributed by atoms with Gasteiger partial charge in [-0.05, 0) is 164 Å². The fourth-order valence-electron chi connectivity index (χ4n) is 18.3. The minimum absolute atomic E-state index is 0.620. The Morgan fingerprint density at radius 2 is 0.356 bits per heavy atom. The summed E-state index contributed by atoms with van der Waals surface area (Å²) in [7, 11) is 0. The fourth-order valence-corrected chi connectivity index (χ4v) is 18.3. The van der Waals surface area contributed by atoms with Gasteiger partial charge in [0, 0.05) is 108 Å². The molecule has 25 rings (SSSR count). The van der Waals surface area contributed by atoms with Crippen LogP contribution in [0.1, 0.15) is 0 Å². The van der Waals surface area contributed by atoms with Crippen LogP contribution in [-0.2, 0) is 0 Å². The zero-order valence-corrected chi connectivity index (χ0v) is 71.2. The molecule has 6 heterocycles. The van der Waals surface area contributed by atoms with E-state index in [4.69, 9.17) is 49.8 Å². The highest BCUT2D eigenvalue weighted by atomic mass is 15.1. The van der Waals surface area contributed by atoms with Crippen LogP contribution in [0.3, 0.4) is 0 Å². The molecule has 616 valence electrons. The van der Waals surface area contributed by atoms with Crippen LogP contribution in [0.5, 0.6) is 0 Å². The van der Waals surface area contributed by atoms with Crippen LogP contribution in [0.4, 0.5) is 0 Å². The molecule has 0 spiro atoms. The second kappa shape index (κ2) is 34.7. The molecule has 0 saturated carbocycles. The summed E-state index contributed by atoms with van der Waals surface area (Å²) in [4.78, 5) is 59.7. The third-order valence-electron chi connectivity index (χ3n) is 24.5. The van der Waals surface area contributed by atoms with Gasteiger partial charge in [-0.25, -0.2) is 49.8 Å². The number of fused-ring (bicyclic) bond motifs is 18. The quantitative estimate of drug-likeness (QED) is 0.101. The van der Waals surface area contributed by atoms with Gasteiger partial charge in [-0.3, -0.25) is 9.97 Å². The molecule has 0 bridgehead atoms. The Balaban J connectivity index is 0.000000113. The van der Waals surface area contributed by atoms with Crippen molar-refractivity contribution >= 4 is 97.0 Å². The molecule has 0 aliphatic carbocycles. The van der Waals surface area contributed by atoms with E-state index in [2.05, 4.69) is 228 Å². The third-order valence-corrected chi connectivity index (χ3v) is 24.5. The summed E-state index contributed by atoms with van der Waals surface area (Å²) in [5.74, 6) is 5.74. The summed E-state index contributed by atoms with van der Waals surface area (Å²) in [6, 6.07) is 151. The largest absolute Gasteiger partial charge is 0.265 e. The first-order valence-corrected chi connectivity index (χ1v) is 44.0. The van der Waals surface area contributed by atoms with E-state index >= 15 is 0 Å². The molecule has 0 unspecified atom stereocenters. The molecule has 6 aromatic heterocycles. The maximum absolute atomic E-state index is 5.19. The SMILES string of the molecule is c1ccc(-c2cccc(-c3cc(-c4nc(-c5ccccc5)nc(-c5ccccc5)n4)c4c5ccccc5c5ccccc5c4c3)n2)cc1.c1ccc(-c2nc(-c3ccccc3)nc(-c3cc(-c4cccnc4)cc4c5ccccc5c5ccccc5c34)n2)cc1.c1ccc(-c2nc(-c3ccccc3)nc(-c3cc(-c4ccncc4)cc4c5ccccc5c5ccccc5c34)n2)cc1. The molecule has 132 heavy (non-hydrogen) atoms. The van der Waals surface area contributed by atoms with Crippen molar-refractivity contribution in [2.75, 3.05) is 0 Å². The van der Waals surface area contributed by atoms with Crippen LogP contribution in [-0.4, -0.2) is 59.8 Å². The fraction of sp³-hybridized carbons (Fsp3) is 0. The summed E-state index contributed by atoms with van der Waals surface area (Å²) >= 11 is 0. The van der Waals surface area contributed by atoms with Gasteiger partial charge in [-0.15, -0.1) is 0 Å². The highest BCUT2D eigenvalue weighted by molar-refractivity contribution is 6.32. The molecule has 19 aromatic carbocycles. The van der Waals surface area contributed by atoms with Gasteiger partial charge in [-0.2, -0.15) is 0 Å². The highest BCUT2D eigenvalue weighted by Crippen LogP contribution is 2.48. The second-order valence-electron chi connectivity index (χ2n) is 32.5. The lowest BCUT2D eigenvalue weighted by molar-refractivity contribution is 1.08. The van der Waals surface area contributed by atoms with Gasteiger partial charge >= 0.3 is 0 Å². The Kier molecular flexibility index (Phi) is 20.7. The molecule has 0 saturated heterocycles. The first-order chi connectivity index (χ1) is 65.5. The average Bonchev–Trinajstić information content (AvgIpc) is 0.732. The van der Waals surface area contributed by atoms with Gasteiger partial charge in [0.15, 0.2) is 52.4 Å². The molecule has 0 fully saturated rings. The monoisotopic (exact) mass is 1680 g/mol. The lowest BCUT2D eigenvalue weighted by Crippen LogP contribution is -2.01. The van der Waals surface area contributed by atoms with E-state index in [0.29, 0.717) is 52.4 Å². The number of hydrogen-bond acceptors (Lipinski definition) is 12. The van der Waals surface area contributed by atoms with Crippen LogP contribution >= 0.6 is 0 Å². The summed E-state index contributed by atoms with van der Waals surface area (Å²) in [6.45, 7) is 0. The Bertz CT molecular complexity index is 8170. The van der Waals surface area contributed by atoms with E-state index in [1.165, 1.54) is 59.2 Å². The molecule has 0 atom stereocenters. The van der Waals surface area contributed by atoms with Crippen LogP contribution in [0.25, 0.3) is 244 Å². The van der Waals surface area contributed by atoms with E-state index in [0.717, 1.165) is 133 Å². The molecule has 12 nitrogen and oxygen atoms in total. The van der Waals surface area contributed by atoms with E-state index in [1.807, 2.05) is 237 Å². The Morgan fingerprint density at radius 3 is 0.659 bits per heavy atom. The topological polar surface area (TPSA) is 155 Å². The normalized spacial score (nSPS) is 11.3. The van der Waals surface area contributed by atoms with Crippen LogP contribution in [0.2, 0.25) is 0 Å². The Morgan fingerprint density at radius 1 is 0.121 bits per heavy atom. The number of nitrogens with zero attached hydrogens (tertiary/aromatic N) is 12. The van der Waals surface area contributed by atoms with Crippen molar-refractivity contribution in [1.82, 2.24) is 59.8 Å². The first kappa shape index (κ1) is 78.7. The number of aromatic nitrogens is 12. The zero-order valence-electron chi connectivity index (χ0n) is 71.2. The third kappa shape index (κ3) is 15.1. The molecular weight excluding hydrogens is 1610 g/mol. The van der Waals surface area contributed by atoms with Gasteiger partial charge in [-0.1, -0.05) is 370 Å². The predicted molar refractivity (Wildman–Crippen MR) is 541 cm³/mol. The van der Waals surface area contributed by atoms with Crippen molar-refractivity contribution in [2.45, 2.75) is 0 Å². The van der Waals surface area contributed by atoms with Gasteiger partial charge in [0.25, 0.3) is 0 Å². The smallest absolute Gasteiger partial charge is 0.164 e. The molecule has 0 radical (unpaired) electrons. The van der Waals surface area contributed by atoms with Gasteiger partial charge in [0.05, 0.1) is 11.4 Å². The Labute approximate surface area is 760 Å². The van der Waals surface area contributed by atoms with Crippen LogP contribution < -0.4 is 0 Å². The van der Waals surface area contributed by atoms with Crippen molar-refractivity contribution in [3.05, 3.63) is 462 Å². The average molecular weight is 1690 g/mol. The number of rotatable bonds is 13. The number of pyridine rings is 3. The molecule has 0 N–H and O–H groups in total. The van der Waals surface area contributed by atoms with E-state index in [9.17, 15) is 0 Å². The van der Waals surface area contributed by atoms with E-state index < -0.39 is 0 Å². The summed E-state index contributed by atoms with van der Waals surface area (Å²) in [6.07, 6.45) is 7.38. The maximum Gasteiger partial charge on any atom is 0.164 e. The van der Waals surface area contributed by atoms with Gasteiger partial charge < -0.3 is 0 Å². The van der Waals surface area contributed by atoms with Crippen molar-refractivity contribution in [3.63, 3.8) is 0 Å². The lowest BCUT2D eigenvalue weighted by Gasteiger charge is -2.17. The lowest BCUT2D eigenvalue weighted by atomic mass is 9.89. The molecule has 0 amide bonds. The molecule has 0 aliphatic rings. The first-order valence-electron chi connectivity index (χ1n) is 44.0. The molecule has 25 aromatic rings. The summed E-state index contributed by atoms with van der Waals surface area (Å²) in [5.41, 5.74) is 16.7. The van der Waals surface area contributed by atoms with Crippen LogP contribution in [0, 0.1) is 0 Å². The minimum Gasteiger partial charge on any atom is -0.265 e. The second-order valence-corrected chi connectivity index (χ2v) is 32.5. The number of benzene rings is 19. The van der Waals surface area contributed by atoms with Gasteiger partial charge in [0.1, 0.15) is 0 Å². The number of hydrogen-bond donors (Lipinski definition) is 0. The van der Waals surface area contributed by atoms with Gasteiger partial charge in [0.2, 0.25) is 0 Å². The van der Waals surface area contributed by atoms with Crippen LogP contribution in [0.15, 0.2) is 462 Å². The summed E-state index contributed by atoms with van der Waals surface area (Å²) < 4.78 is 0. The highest BCUT2D eigenvalue weighted by Gasteiger charge is 2.25. The van der Waals surface area contributed by atoms with Crippen molar-refractivity contribution < 1.29 is 0 Å². The molecular formula is C120H76N12. The van der Waals surface area contributed by atoms with E-state index in [1.54, 1.807) is 6.20 Å².